The molecule has 0 aliphatic heterocycles. The number of hydrogen-bond donors (Lipinski definition) is 1. The van der Waals surface area contributed by atoms with Crippen LogP contribution in [0.3, 0.4) is 0 Å². The van der Waals surface area contributed by atoms with Crippen molar-refractivity contribution in [2.75, 3.05) is 0 Å². The molecule has 20 heavy (non-hydrogen) atoms. The molecule has 0 spiro atoms. The van der Waals surface area contributed by atoms with Crippen molar-refractivity contribution in [3.8, 4) is 0 Å². The van der Waals surface area contributed by atoms with Crippen LogP contribution >= 0.6 is 0 Å². The fraction of sp³-hybridized carbons (Fsp3) is 0.333. The van der Waals surface area contributed by atoms with Crippen LogP contribution in [0.15, 0.2) is 40.2 Å². The van der Waals surface area contributed by atoms with Crippen molar-refractivity contribution in [1.29, 1.82) is 0 Å². The molecule has 2 aromatic rings. The molecule has 1 atom stereocenters. The number of rotatable bonds is 3. The van der Waals surface area contributed by atoms with Crippen molar-refractivity contribution >= 4 is 0 Å². The summed E-state index contributed by atoms with van der Waals surface area (Å²) in [5.74, 6) is 0. The lowest BCUT2D eigenvalue weighted by molar-refractivity contribution is 0.546. The summed E-state index contributed by atoms with van der Waals surface area (Å²) in [4.78, 5) is 23.5. The largest absolute Gasteiger partial charge is 0.322 e. The van der Waals surface area contributed by atoms with E-state index in [4.69, 9.17) is 5.73 Å². The molecule has 0 aliphatic rings. The van der Waals surface area contributed by atoms with Gasteiger partial charge in [0.05, 0.1) is 0 Å². The zero-order valence-electron chi connectivity index (χ0n) is 12.0. The van der Waals surface area contributed by atoms with Crippen molar-refractivity contribution in [2.45, 2.75) is 26.4 Å². The molecule has 106 valence electrons. The van der Waals surface area contributed by atoms with Crippen molar-refractivity contribution in [3.63, 3.8) is 0 Å². The number of aryl methyl sites for hydroxylation is 3. The molecule has 0 saturated heterocycles. The minimum Gasteiger partial charge on any atom is -0.322 e. The minimum absolute atomic E-state index is 0.290. The highest BCUT2D eigenvalue weighted by atomic mass is 16.2. The normalized spacial score (nSPS) is 12.4. The van der Waals surface area contributed by atoms with E-state index in [-0.39, 0.29) is 6.04 Å². The molecule has 2 N–H and O–H groups in total. The summed E-state index contributed by atoms with van der Waals surface area (Å²) < 4.78 is 2.63. The van der Waals surface area contributed by atoms with Gasteiger partial charge >= 0.3 is 11.1 Å². The van der Waals surface area contributed by atoms with Crippen LogP contribution < -0.4 is 16.9 Å². The van der Waals surface area contributed by atoms with Crippen LogP contribution in [0.4, 0.5) is 0 Å². The van der Waals surface area contributed by atoms with Crippen molar-refractivity contribution in [2.24, 2.45) is 12.8 Å². The molecule has 1 heterocycles. The lowest BCUT2D eigenvalue weighted by Crippen LogP contribution is -2.41. The van der Waals surface area contributed by atoms with E-state index in [1.807, 2.05) is 26.0 Å². The molecule has 0 radical (unpaired) electrons. The molecular weight excluding hydrogens is 254 g/mol. The van der Waals surface area contributed by atoms with Gasteiger partial charge in [0, 0.05) is 32.0 Å². The molecule has 5 nitrogen and oxygen atoms in total. The number of aromatic nitrogens is 2. The predicted molar refractivity (Wildman–Crippen MR) is 78.8 cm³/mol. The summed E-state index contributed by atoms with van der Waals surface area (Å²) in [5, 5.41) is 0. The highest BCUT2D eigenvalue weighted by Crippen LogP contribution is 2.18. The molecule has 1 unspecified atom stereocenters. The Kier molecular flexibility index (Phi) is 3.90. The van der Waals surface area contributed by atoms with Gasteiger partial charge in [0.15, 0.2) is 0 Å². The lowest BCUT2D eigenvalue weighted by Gasteiger charge is -2.16. The van der Waals surface area contributed by atoms with Crippen LogP contribution in [0.5, 0.6) is 0 Å². The Morgan fingerprint density at radius 1 is 1.15 bits per heavy atom. The fourth-order valence-corrected chi connectivity index (χ4v) is 2.29. The van der Waals surface area contributed by atoms with Crippen LogP contribution in [0, 0.1) is 13.8 Å². The summed E-state index contributed by atoms with van der Waals surface area (Å²) in [7, 11) is 1.55. The van der Waals surface area contributed by atoms with Gasteiger partial charge in [-0.1, -0.05) is 23.8 Å². The van der Waals surface area contributed by atoms with Gasteiger partial charge in [0.25, 0.3) is 0 Å². The average molecular weight is 273 g/mol. The molecule has 0 amide bonds. The first-order chi connectivity index (χ1) is 9.40. The molecule has 0 aliphatic carbocycles. The first-order valence-electron chi connectivity index (χ1n) is 6.49. The Balaban J connectivity index is 2.33. The minimum atomic E-state index is -0.546. The van der Waals surface area contributed by atoms with Gasteiger partial charge in [-0.15, -0.1) is 0 Å². The SMILES string of the molecule is Cc1ccc(C(N)Cn2ccn(C)c(=O)c2=O)c(C)c1. The van der Waals surface area contributed by atoms with Crippen molar-refractivity contribution in [3.05, 3.63) is 68.0 Å². The van der Waals surface area contributed by atoms with Crippen molar-refractivity contribution in [1.82, 2.24) is 9.13 Å². The van der Waals surface area contributed by atoms with E-state index in [1.165, 1.54) is 14.7 Å². The second-order valence-corrected chi connectivity index (χ2v) is 5.14. The smallest absolute Gasteiger partial charge is 0.316 e. The van der Waals surface area contributed by atoms with Crippen molar-refractivity contribution < 1.29 is 0 Å². The summed E-state index contributed by atoms with van der Waals surface area (Å²) in [6.45, 7) is 4.31. The summed E-state index contributed by atoms with van der Waals surface area (Å²) in [6.07, 6.45) is 3.16. The summed E-state index contributed by atoms with van der Waals surface area (Å²) in [5.41, 5.74) is 8.33. The number of benzene rings is 1. The van der Waals surface area contributed by atoms with Gasteiger partial charge in [-0.2, -0.15) is 0 Å². The third-order valence-electron chi connectivity index (χ3n) is 3.45. The fourth-order valence-electron chi connectivity index (χ4n) is 2.29. The molecule has 1 aromatic carbocycles. The molecular formula is C15H19N3O2. The maximum atomic E-state index is 11.9. The van der Waals surface area contributed by atoms with E-state index in [2.05, 4.69) is 6.07 Å². The topological polar surface area (TPSA) is 70.0 Å². The molecule has 1 aromatic heterocycles. The van der Waals surface area contributed by atoms with E-state index >= 15 is 0 Å². The van der Waals surface area contributed by atoms with E-state index in [9.17, 15) is 9.59 Å². The maximum Gasteiger partial charge on any atom is 0.316 e. The molecule has 5 heteroatoms. The van der Waals surface area contributed by atoms with Gasteiger partial charge in [-0.25, -0.2) is 0 Å². The molecule has 0 fully saturated rings. The maximum absolute atomic E-state index is 11.9. The first kappa shape index (κ1) is 14.3. The predicted octanol–water partition coefficient (Wildman–Crippen LogP) is 0.864. The average Bonchev–Trinajstić information content (AvgIpc) is 2.39. The number of nitrogens with two attached hydrogens (primary N) is 1. The standard InChI is InChI=1S/C15H19N3O2/c1-10-4-5-12(11(2)8-10)13(16)9-18-7-6-17(3)14(19)15(18)20/h4-8,13H,9,16H2,1-3H3. The third kappa shape index (κ3) is 2.72. The van der Waals surface area contributed by atoms with Crippen LogP contribution in [0.1, 0.15) is 22.7 Å². The summed E-state index contributed by atoms with van der Waals surface area (Å²) >= 11 is 0. The Hall–Kier alpha value is -2.14. The Labute approximate surface area is 117 Å². The van der Waals surface area contributed by atoms with E-state index in [0.717, 1.165) is 11.1 Å². The van der Waals surface area contributed by atoms with Gasteiger partial charge < -0.3 is 14.9 Å². The van der Waals surface area contributed by atoms with Gasteiger partial charge in [0.2, 0.25) is 0 Å². The zero-order valence-corrected chi connectivity index (χ0v) is 12.0. The van der Waals surface area contributed by atoms with Gasteiger partial charge in [0.1, 0.15) is 0 Å². The Bertz CT molecular complexity index is 744. The van der Waals surface area contributed by atoms with Crippen LogP contribution in [-0.2, 0) is 13.6 Å². The quantitative estimate of drug-likeness (QED) is 0.843. The van der Waals surface area contributed by atoms with Gasteiger partial charge in [-0.05, 0) is 25.0 Å². The van der Waals surface area contributed by atoms with E-state index in [0.29, 0.717) is 6.54 Å². The van der Waals surface area contributed by atoms with Crippen LogP contribution in [-0.4, -0.2) is 9.13 Å². The molecule has 0 bridgehead atoms. The van der Waals surface area contributed by atoms with Crippen LogP contribution in [0.25, 0.3) is 0 Å². The highest BCUT2D eigenvalue weighted by molar-refractivity contribution is 5.32. The lowest BCUT2D eigenvalue weighted by atomic mass is 10.00. The molecule has 2 rings (SSSR count). The first-order valence-corrected chi connectivity index (χ1v) is 6.49. The summed E-state index contributed by atoms with van der Waals surface area (Å²) in [6, 6.07) is 5.71. The Morgan fingerprint density at radius 2 is 1.85 bits per heavy atom. The monoisotopic (exact) mass is 273 g/mol. The van der Waals surface area contributed by atoms with Gasteiger partial charge in [-0.3, -0.25) is 9.59 Å². The molecule has 0 saturated carbocycles. The second kappa shape index (κ2) is 5.46. The Morgan fingerprint density at radius 3 is 2.50 bits per heavy atom. The van der Waals surface area contributed by atoms with Crippen LogP contribution in [0.2, 0.25) is 0 Å². The van der Waals surface area contributed by atoms with E-state index in [1.54, 1.807) is 19.4 Å². The second-order valence-electron chi connectivity index (χ2n) is 5.14. The number of hydrogen-bond acceptors (Lipinski definition) is 3. The van der Waals surface area contributed by atoms with E-state index < -0.39 is 11.1 Å². The third-order valence-corrected chi connectivity index (χ3v) is 3.45. The zero-order chi connectivity index (χ0) is 14.9. The highest BCUT2D eigenvalue weighted by Gasteiger charge is 2.12. The number of nitrogens with zero attached hydrogens (tertiary/aromatic N) is 2.